The lowest BCUT2D eigenvalue weighted by molar-refractivity contribution is 0.0473. The number of phenols is 1. The Kier molecular flexibility index (Phi) is 3.72. The predicted molar refractivity (Wildman–Crippen MR) is 65.8 cm³/mol. The molecule has 0 radical (unpaired) electrons. The molecule has 5 heteroatoms. The summed E-state index contributed by atoms with van der Waals surface area (Å²) in [7, 11) is 1.46. The van der Waals surface area contributed by atoms with Crippen LogP contribution in [0.1, 0.15) is 23.2 Å². The Bertz CT molecular complexity index is 447. The Morgan fingerprint density at radius 1 is 1.50 bits per heavy atom. The van der Waals surface area contributed by atoms with E-state index in [2.05, 4.69) is 0 Å². The Morgan fingerprint density at radius 2 is 2.28 bits per heavy atom. The van der Waals surface area contributed by atoms with Crippen molar-refractivity contribution in [3.05, 3.63) is 23.8 Å². The van der Waals surface area contributed by atoms with Crippen molar-refractivity contribution in [3.63, 3.8) is 0 Å². The Hall–Kier alpha value is -1.75. The first kappa shape index (κ1) is 12.7. The molecule has 0 bridgehead atoms. The number of amides is 1. The van der Waals surface area contributed by atoms with E-state index < -0.39 is 6.10 Å². The van der Waals surface area contributed by atoms with Gasteiger partial charge in [-0.3, -0.25) is 4.79 Å². The van der Waals surface area contributed by atoms with Gasteiger partial charge in [0.05, 0.1) is 13.2 Å². The second-order valence-corrected chi connectivity index (χ2v) is 4.43. The molecule has 1 atom stereocenters. The van der Waals surface area contributed by atoms with E-state index in [1.54, 1.807) is 17.0 Å². The number of ether oxygens (including phenoxy) is 1. The first-order valence-corrected chi connectivity index (χ1v) is 5.96. The molecule has 0 aromatic heterocycles. The minimum atomic E-state index is -0.449. The zero-order valence-corrected chi connectivity index (χ0v) is 10.3. The highest BCUT2D eigenvalue weighted by Crippen LogP contribution is 2.27. The minimum Gasteiger partial charge on any atom is -0.504 e. The van der Waals surface area contributed by atoms with Crippen molar-refractivity contribution in [2.75, 3.05) is 20.2 Å². The van der Waals surface area contributed by atoms with Crippen LogP contribution in [0.3, 0.4) is 0 Å². The van der Waals surface area contributed by atoms with Crippen LogP contribution in [0.15, 0.2) is 18.2 Å². The number of aliphatic hydroxyl groups excluding tert-OH is 1. The Labute approximate surface area is 106 Å². The third-order valence-electron chi connectivity index (χ3n) is 3.11. The lowest BCUT2D eigenvalue weighted by Crippen LogP contribution is -2.42. The van der Waals surface area contributed by atoms with Crippen LogP contribution in [0.4, 0.5) is 0 Å². The number of aromatic hydroxyl groups is 1. The molecule has 18 heavy (non-hydrogen) atoms. The number of carbonyl (C=O) groups excluding carboxylic acids is 1. The van der Waals surface area contributed by atoms with Crippen LogP contribution in [0, 0.1) is 0 Å². The van der Waals surface area contributed by atoms with E-state index in [0.29, 0.717) is 24.4 Å². The second kappa shape index (κ2) is 5.27. The van der Waals surface area contributed by atoms with Crippen LogP contribution in [-0.2, 0) is 0 Å². The fourth-order valence-corrected chi connectivity index (χ4v) is 2.14. The van der Waals surface area contributed by atoms with Crippen molar-refractivity contribution in [2.45, 2.75) is 18.9 Å². The van der Waals surface area contributed by atoms with Crippen LogP contribution >= 0.6 is 0 Å². The van der Waals surface area contributed by atoms with Gasteiger partial charge in [-0.15, -0.1) is 0 Å². The van der Waals surface area contributed by atoms with E-state index in [-0.39, 0.29) is 11.7 Å². The summed E-state index contributed by atoms with van der Waals surface area (Å²) in [5, 5.41) is 19.2. The summed E-state index contributed by atoms with van der Waals surface area (Å²) in [5.74, 6) is 0.109. The molecule has 1 amide bonds. The van der Waals surface area contributed by atoms with E-state index in [0.717, 1.165) is 12.8 Å². The number of hydrogen-bond acceptors (Lipinski definition) is 4. The highest BCUT2D eigenvalue weighted by molar-refractivity contribution is 5.95. The molecule has 0 aliphatic carbocycles. The van der Waals surface area contributed by atoms with Gasteiger partial charge in [0.15, 0.2) is 11.5 Å². The van der Waals surface area contributed by atoms with Gasteiger partial charge >= 0.3 is 0 Å². The van der Waals surface area contributed by atoms with Crippen LogP contribution in [-0.4, -0.2) is 47.3 Å². The number of aliphatic hydroxyl groups is 1. The van der Waals surface area contributed by atoms with Crippen molar-refractivity contribution in [1.82, 2.24) is 4.90 Å². The molecule has 1 aromatic carbocycles. The molecule has 1 aromatic rings. The lowest BCUT2D eigenvalue weighted by atomic mass is 10.1. The molecular weight excluding hydrogens is 234 g/mol. The topological polar surface area (TPSA) is 70.0 Å². The predicted octanol–water partition coefficient (Wildman–Crippen LogP) is 0.998. The van der Waals surface area contributed by atoms with Gasteiger partial charge in [-0.1, -0.05) is 0 Å². The number of nitrogens with zero attached hydrogens (tertiary/aromatic N) is 1. The van der Waals surface area contributed by atoms with Gasteiger partial charge in [-0.25, -0.2) is 0 Å². The second-order valence-electron chi connectivity index (χ2n) is 4.43. The fraction of sp³-hybridized carbons (Fsp3) is 0.462. The molecule has 0 saturated carbocycles. The molecule has 1 saturated heterocycles. The number of phenolic OH excluding ortho intramolecular Hbond substituents is 1. The molecular formula is C13H17NO4. The number of benzene rings is 1. The van der Waals surface area contributed by atoms with Crippen LogP contribution in [0.25, 0.3) is 0 Å². The maximum Gasteiger partial charge on any atom is 0.254 e. The smallest absolute Gasteiger partial charge is 0.254 e. The molecule has 1 aliphatic heterocycles. The number of carbonyl (C=O) groups is 1. The quantitative estimate of drug-likeness (QED) is 0.822. The van der Waals surface area contributed by atoms with Crippen LogP contribution in [0.5, 0.6) is 11.5 Å². The number of rotatable bonds is 2. The maximum absolute atomic E-state index is 12.2. The number of hydrogen-bond donors (Lipinski definition) is 2. The van der Waals surface area contributed by atoms with Gasteiger partial charge < -0.3 is 19.8 Å². The average Bonchev–Trinajstić information content (AvgIpc) is 2.37. The summed E-state index contributed by atoms with van der Waals surface area (Å²) in [6, 6.07) is 4.56. The third-order valence-corrected chi connectivity index (χ3v) is 3.11. The normalized spacial score (nSPS) is 19.7. The zero-order chi connectivity index (χ0) is 13.1. The summed E-state index contributed by atoms with van der Waals surface area (Å²) in [5.41, 5.74) is 0.405. The third kappa shape index (κ3) is 2.56. The van der Waals surface area contributed by atoms with E-state index in [1.807, 2.05) is 0 Å². The van der Waals surface area contributed by atoms with Gasteiger partial charge in [0, 0.05) is 18.7 Å². The van der Waals surface area contributed by atoms with Crippen molar-refractivity contribution >= 4 is 5.91 Å². The monoisotopic (exact) mass is 251 g/mol. The Morgan fingerprint density at radius 3 is 2.89 bits per heavy atom. The van der Waals surface area contributed by atoms with Crippen molar-refractivity contribution in [3.8, 4) is 11.5 Å². The summed E-state index contributed by atoms with van der Waals surface area (Å²) < 4.78 is 4.93. The first-order chi connectivity index (χ1) is 8.61. The summed E-state index contributed by atoms with van der Waals surface area (Å²) >= 11 is 0. The van der Waals surface area contributed by atoms with Crippen molar-refractivity contribution in [2.24, 2.45) is 0 Å². The van der Waals surface area contributed by atoms with E-state index in [1.165, 1.54) is 13.2 Å². The van der Waals surface area contributed by atoms with E-state index in [9.17, 15) is 15.0 Å². The highest BCUT2D eigenvalue weighted by Gasteiger charge is 2.23. The van der Waals surface area contributed by atoms with Crippen LogP contribution in [0.2, 0.25) is 0 Å². The summed E-state index contributed by atoms with van der Waals surface area (Å²) in [4.78, 5) is 13.8. The van der Waals surface area contributed by atoms with Gasteiger partial charge in [-0.2, -0.15) is 0 Å². The molecule has 0 spiro atoms. The average molecular weight is 251 g/mol. The maximum atomic E-state index is 12.2. The van der Waals surface area contributed by atoms with Gasteiger partial charge in [0.1, 0.15) is 0 Å². The molecule has 1 unspecified atom stereocenters. The molecule has 1 heterocycles. The van der Waals surface area contributed by atoms with E-state index in [4.69, 9.17) is 4.74 Å². The van der Waals surface area contributed by atoms with E-state index >= 15 is 0 Å². The van der Waals surface area contributed by atoms with Gasteiger partial charge in [0.2, 0.25) is 0 Å². The molecule has 2 N–H and O–H groups in total. The van der Waals surface area contributed by atoms with Crippen molar-refractivity contribution in [1.29, 1.82) is 0 Å². The molecule has 2 rings (SSSR count). The van der Waals surface area contributed by atoms with Crippen molar-refractivity contribution < 1.29 is 19.7 Å². The molecule has 98 valence electrons. The Balaban J connectivity index is 2.15. The molecule has 1 aliphatic rings. The number of piperidine rings is 1. The number of β-amino-alcohol motifs (C(OH)–C–C–N with tert-alkyl or cyclic N) is 1. The minimum absolute atomic E-state index is 0.0547. The lowest BCUT2D eigenvalue weighted by Gasteiger charge is -2.30. The standard InChI is InChI=1S/C13H17NO4/c1-18-12-5-4-9(7-11(12)16)13(17)14-6-2-3-10(15)8-14/h4-5,7,10,15-16H,2-3,6,8H2,1H3. The first-order valence-electron chi connectivity index (χ1n) is 5.96. The zero-order valence-electron chi connectivity index (χ0n) is 10.3. The van der Waals surface area contributed by atoms with Gasteiger partial charge in [-0.05, 0) is 31.0 Å². The summed E-state index contributed by atoms with van der Waals surface area (Å²) in [6.07, 6.45) is 1.08. The van der Waals surface area contributed by atoms with Gasteiger partial charge in [0.25, 0.3) is 5.91 Å². The SMILES string of the molecule is COc1ccc(C(=O)N2CCCC(O)C2)cc1O. The number of methoxy groups -OCH3 is 1. The largest absolute Gasteiger partial charge is 0.504 e. The molecule has 1 fully saturated rings. The van der Waals surface area contributed by atoms with Crippen LogP contribution < -0.4 is 4.74 Å². The summed E-state index contributed by atoms with van der Waals surface area (Å²) in [6.45, 7) is 0.994. The fourth-order valence-electron chi connectivity index (χ4n) is 2.14. The number of likely N-dealkylation sites (tertiary alicyclic amines) is 1. The molecule has 5 nitrogen and oxygen atoms in total. The highest BCUT2D eigenvalue weighted by atomic mass is 16.5.